The highest BCUT2D eigenvalue weighted by molar-refractivity contribution is 5.90. The van der Waals surface area contributed by atoms with E-state index in [0.29, 0.717) is 6.54 Å². The summed E-state index contributed by atoms with van der Waals surface area (Å²) >= 11 is 0. The van der Waals surface area contributed by atoms with Crippen LogP contribution in [0.4, 0.5) is 10.5 Å². The van der Waals surface area contributed by atoms with Crippen molar-refractivity contribution in [3.05, 3.63) is 83.7 Å². The normalized spacial score (nSPS) is 15.8. The molecule has 1 atom stereocenters. The van der Waals surface area contributed by atoms with Gasteiger partial charge in [0.25, 0.3) is 0 Å². The van der Waals surface area contributed by atoms with E-state index in [4.69, 9.17) is 0 Å². The van der Waals surface area contributed by atoms with Gasteiger partial charge < -0.3 is 14.8 Å². The first-order chi connectivity index (χ1) is 12.7. The lowest BCUT2D eigenvalue weighted by molar-refractivity contribution is 0.181. The molecule has 0 unspecified atom stereocenters. The minimum Gasteiger partial charge on any atom is -0.318 e. The molecular weight excluding hydrogens is 322 g/mol. The SMILES string of the molecule is CC[C@H]1c2cccn2-c2ccccc2CN1C(=O)Nc1ccccc1C. The zero-order chi connectivity index (χ0) is 18.1. The highest BCUT2D eigenvalue weighted by Gasteiger charge is 2.30. The van der Waals surface area contributed by atoms with Gasteiger partial charge in [0.05, 0.1) is 18.3 Å². The van der Waals surface area contributed by atoms with Gasteiger partial charge in [0.2, 0.25) is 0 Å². The van der Waals surface area contributed by atoms with Crippen molar-refractivity contribution in [3.63, 3.8) is 0 Å². The van der Waals surface area contributed by atoms with E-state index < -0.39 is 0 Å². The Balaban J connectivity index is 1.74. The Morgan fingerprint density at radius 3 is 2.65 bits per heavy atom. The first-order valence-electron chi connectivity index (χ1n) is 9.08. The molecule has 0 fully saturated rings. The first kappa shape index (κ1) is 16.5. The van der Waals surface area contributed by atoms with Crippen LogP contribution in [0, 0.1) is 6.92 Å². The molecular formula is C22H23N3O. The van der Waals surface area contributed by atoms with E-state index in [1.54, 1.807) is 0 Å². The standard InChI is InChI=1S/C22H23N3O/c1-3-19-21-13-8-14-24(21)20-12-7-5-10-17(20)15-25(19)22(26)23-18-11-6-4-9-16(18)2/h4-14,19H,3,15H2,1-2H3,(H,23,26)/t19-/m0/s1. The van der Waals surface area contributed by atoms with E-state index in [2.05, 4.69) is 47.3 Å². The van der Waals surface area contributed by atoms with Gasteiger partial charge in [0, 0.05) is 17.6 Å². The van der Waals surface area contributed by atoms with Gasteiger partial charge in [-0.2, -0.15) is 0 Å². The van der Waals surface area contributed by atoms with Crippen LogP contribution in [0.3, 0.4) is 0 Å². The van der Waals surface area contributed by atoms with Crippen molar-refractivity contribution < 1.29 is 4.79 Å². The van der Waals surface area contributed by atoms with Crippen LogP contribution in [-0.2, 0) is 6.54 Å². The Labute approximate surface area is 154 Å². The number of anilines is 1. The lowest BCUT2D eigenvalue weighted by Gasteiger charge is -2.30. The Morgan fingerprint density at radius 1 is 1.08 bits per heavy atom. The fraction of sp³-hybridized carbons (Fsp3) is 0.227. The maximum Gasteiger partial charge on any atom is 0.322 e. The van der Waals surface area contributed by atoms with Gasteiger partial charge in [-0.1, -0.05) is 43.3 Å². The monoisotopic (exact) mass is 345 g/mol. The topological polar surface area (TPSA) is 37.3 Å². The number of benzene rings is 2. The number of nitrogens with zero attached hydrogens (tertiary/aromatic N) is 2. The molecule has 0 saturated carbocycles. The summed E-state index contributed by atoms with van der Waals surface area (Å²) in [6.45, 7) is 4.73. The number of hydrogen-bond acceptors (Lipinski definition) is 1. The summed E-state index contributed by atoms with van der Waals surface area (Å²) in [7, 11) is 0. The van der Waals surface area contributed by atoms with Crippen LogP contribution >= 0.6 is 0 Å². The van der Waals surface area contributed by atoms with Crippen LogP contribution in [0.1, 0.15) is 36.2 Å². The van der Waals surface area contributed by atoms with Crippen molar-refractivity contribution >= 4 is 11.7 Å². The molecule has 0 saturated heterocycles. The Bertz CT molecular complexity index is 944. The predicted octanol–water partition coefficient (Wildman–Crippen LogP) is 5.28. The first-order valence-corrected chi connectivity index (χ1v) is 9.08. The van der Waals surface area contributed by atoms with Gasteiger partial charge in [-0.3, -0.25) is 0 Å². The molecule has 26 heavy (non-hydrogen) atoms. The molecule has 2 heterocycles. The van der Waals surface area contributed by atoms with E-state index in [1.165, 1.54) is 0 Å². The molecule has 1 N–H and O–H groups in total. The number of para-hydroxylation sites is 2. The summed E-state index contributed by atoms with van der Waals surface area (Å²) in [5.41, 5.74) is 5.38. The summed E-state index contributed by atoms with van der Waals surface area (Å²) < 4.78 is 2.21. The van der Waals surface area contributed by atoms with Crippen molar-refractivity contribution in [2.45, 2.75) is 32.9 Å². The van der Waals surface area contributed by atoms with Crippen LogP contribution in [-0.4, -0.2) is 15.5 Å². The number of nitrogens with one attached hydrogen (secondary N) is 1. The number of carbonyl (C=O) groups excluding carboxylic acids is 1. The smallest absolute Gasteiger partial charge is 0.318 e. The van der Waals surface area contributed by atoms with E-state index in [1.807, 2.05) is 48.2 Å². The van der Waals surface area contributed by atoms with Crippen LogP contribution in [0.5, 0.6) is 0 Å². The lowest BCUT2D eigenvalue weighted by atomic mass is 10.1. The third-order valence-corrected chi connectivity index (χ3v) is 5.12. The molecule has 0 aliphatic carbocycles. The molecule has 4 heteroatoms. The second kappa shape index (κ2) is 6.71. The molecule has 4 rings (SSSR count). The van der Waals surface area contributed by atoms with Gasteiger partial charge in [0.1, 0.15) is 0 Å². The molecule has 1 aliphatic rings. The number of amides is 2. The molecule has 0 bridgehead atoms. The molecule has 2 amide bonds. The van der Waals surface area contributed by atoms with Gasteiger partial charge in [0.15, 0.2) is 0 Å². The zero-order valence-corrected chi connectivity index (χ0v) is 15.1. The van der Waals surface area contributed by atoms with Crippen LogP contribution in [0.15, 0.2) is 66.9 Å². The van der Waals surface area contributed by atoms with Crippen molar-refractivity contribution in [1.29, 1.82) is 0 Å². The molecule has 0 spiro atoms. The zero-order valence-electron chi connectivity index (χ0n) is 15.1. The lowest BCUT2D eigenvalue weighted by Crippen LogP contribution is -2.37. The number of aromatic nitrogens is 1. The average Bonchev–Trinajstić information content (AvgIpc) is 3.08. The van der Waals surface area contributed by atoms with E-state index in [9.17, 15) is 4.79 Å². The second-order valence-electron chi connectivity index (χ2n) is 6.73. The summed E-state index contributed by atoms with van der Waals surface area (Å²) in [6, 6.07) is 20.3. The van der Waals surface area contributed by atoms with Gasteiger partial charge in [-0.05, 0) is 48.7 Å². The largest absolute Gasteiger partial charge is 0.322 e. The fourth-order valence-electron chi connectivity index (χ4n) is 3.76. The molecule has 3 aromatic rings. The van der Waals surface area contributed by atoms with Crippen LogP contribution in [0.25, 0.3) is 5.69 Å². The van der Waals surface area contributed by atoms with E-state index in [0.717, 1.165) is 34.6 Å². The van der Waals surface area contributed by atoms with Crippen molar-refractivity contribution in [1.82, 2.24) is 9.47 Å². The molecule has 1 aromatic heterocycles. The highest BCUT2D eigenvalue weighted by atomic mass is 16.2. The summed E-state index contributed by atoms with van der Waals surface area (Å²) in [5.74, 6) is 0. The van der Waals surface area contributed by atoms with Gasteiger partial charge in [-0.15, -0.1) is 0 Å². The minimum atomic E-state index is -0.0596. The molecule has 132 valence electrons. The Hall–Kier alpha value is -3.01. The third-order valence-electron chi connectivity index (χ3n) is 5.12. The predicted molar refractivity (Wildman–Crippen MR) is 105 cm³/mol. The molecule has 0 radical (unpaired) electrons. The quantitative estimate of drug-likeness (QED) is 0.674. The molecule has 1 aliphatic heterocycles. The Morgan fingerprint density at radius 2 is 1.85 bits per heavy atom. The second-order valence-corrected chi connectivity index (χ2v) is 6.73. The van der Waals surface area contributed by atoms with Crippen LogP contribution in [0.2, 0.25) is 0 Å². The minimum absolute atomic E-state index is 0.0291. The number of hydrogen-bond donors (Lipinski definition) is 1. The number of aryl methyl sites for hydroxylation is 1. The van der Waals surface area contributed by atoms with Gasteiger partial charge in [-0.25, -0.2) is 4.79 Å². The van der Waals surface area contributed by atoms with E-state index >= 15 is 0 Å². The summed E-state index contributed by atoms with van der Waals surface area (Å²) in [4.78, 5) is 15.1. The van der Waals surface area contributed by atoms with Crippen molar-refractivity contribution in [3.8, 4) is 5.69 Å². The van der Waals surface area contributed by atoms with Crippen LogP contribution < -0.4 is 5.32 Å². The van der Waals surface area contributed by atoms with Gasteiger partial charge >= 0.3 is 6.03 Å². The summed E-state index contributed by atoms with van der Waals surface area (Å²) in [6.07, 6.45) is 2.94. The van der Waals surface area contributed by atoms with Crippen molar-refractivity contribution in [2.24, 2.45) is 0 Å². The molecule has 4 nitrogen and oxygen atoms in total. The fourth-order valence-corrected chi connectivity index (χ4v) is 3.76. The van der Waals surface area contributed by atoms with E-state index in [-0.39, 0.29) is 12.1 Å². The highest BCUT2D eigenvalue weighted by Crippen LogP contribution is 2.34. The summed E-state index contributed by atoms with van der Waals surface area (Å²) in [5, 5.41) is 3.10. The molecule has 2 aromatic carbocycles. The number of urea groups is 1. The Kier molecular flexibility index (Phi) is 4.25. The van der Waals surface area contributed by atoms with Crippen molar-refractivity contribution in [2.75, 3.05) is 5.32 Å². The number of fused-ring (bicyclic) bond motifs is 3. The maximum absolute atomic E-state index is 13.2. The average molecular weight is 345 g/mol. The third kappa shape index (κ3) is 2.77. The number of carbonyl (C=O) groups is 1. The number of rotatable bonds is 2. The maximum atomic E-state index is 13.2.